The third-order valence-electron chi connectivity index (χ3n) is 3.29. The molecule has 2 aromatic carbocycles. The van der Waals surface area contributed by atoms with Crippen molar-refractivity contribution < 1.29 is 12.4 Å². The monoisotopic (exact) mass is 273 g/mol. The zero-order valence-electron chi connectivity index (χ0n) is 11.3. The highest BCUT2D eigenvalue weighted by Crippen LogP contribution is 2.23. The van der Waals surface area contributed by atoms with Gasteiger partial charge in [-0.15, -0.1) is 0 Å². The average Bonchev–Trinajstić information content (AvgIpc) is 2.41. The van der Waals surface area contributed by atoms with Crippen molar-refractivity contribution in [2.24, 2.45) is 0 Å². The quantitative estimate of drug-likeness (QED) is 0.564. The number of nitrogens with zero attached hydrogens (tertiary/aromatic N) is 1. The zero-order chi connectivity index (χ0) is 12.8. The smallest absolute Gasteiger partial charge is 0.133 e. The van der Waals surface area contributed by atoms with Gasteiger partial charge in [0.25, 0.3) is 0 Å². The Bertz CT molecular complexity index is 495. The molecule has 0 spiro atoms. The predicted octanol–water partition coefficient (Wildman–Crippen LogP) is 1.01. The lowest BCUT2D eigenvalue weighted by Crippen LogP contribution is -3.00. The lowest BCUT2D eigenvalue weighted by atomic mass is 10.1. The van der Waals surface area contributed by atoms with Crippen molar-refractivity contribution in [3.05, 3.63) is 78.9 Å². The van der Waals surface area contributed by atoms with Gasteiger partial charge in [0.15, 0.2) is 0 Å². The highest BCUT2D eigenvalue weighted by Gasteiger charge is 2.23. The van der Waals surface area contributed by atoms with E-state index in [-0.39, 0.29) is 12.4 Å². The minimum atomic E-state index is 0. The van der Waals surface area contributed by atoms with Crippen molar-refractivity contribution in [2.45, 2.75) is 6.54 Å². The van der Waals surface area contributed by atoms with Crippen LogP contribution < -0.4 is 16.9 Å². The maximum absolute atomic E-state index is 3.90. The molecule has 0 bridgehead atoms. The number of quaternary nitrogens is 1. The van der Waals surface area contributed by atoms with Gasteiger partial charge >= 0.3 is 0 Å². The van der Waals surface area contributed by atoms with Gasteiger partial charge in [0.1, 0.15) is 18.8 Å². The predicted molar refractivity (Wildman–Crippen MR) is 79.4 cm³/mol. The Hall–Kier alpha value is -1.57. The van der Waals surface area contributed by atoms with E-state index in [1.807, 2.05) is 6.08 Å². The van der Waals surface area contributed by atoms with E-state index in [1.54, 1.807) is 0 Å². The minimum absolute atomic E-state index is 0. The summed E-state index contributed by atoms with van der Waals surface area (Å²) in [5.74, 6) is 0. The highest BCUT2D eigenvalue weighted by atomic mass is 35.5. The fraction of sp³-hybridized carbons (Fsp3) is 0.176. The van der Waals surface area contributed by atoms with Crippen LogP contribution in [0.1, 0.15) is 5.56 Å². The van der Waals surface area contributed by atoms with Crippen LogP contribution in [0.3, 0.4) is 0 Å². The van der Waals surface area contributed by atoms with Gasteiger partial charge < -0.3 is 12.4 Å². The van der Waals surface area contributed by atoms with Gasteiger partial charge in [0.05, 0.1) is 7.05 Å². The molecule has 1 nitrogen and oxygen atoms in total. The summed E-state index contributed by atoms with van der Waals surface area (Å²) < 4.78 is 0.856. The second kappa shape index (κ2) is 7.13. The summed E-state index contributed by atoms with van der Waals surface area (Å²) in [6.07, 6.45) is 2.00. The molecule has 0 aromatic heterocycles. The summed E-state index contributed by atoms with van der Waals surface area (Å²) in [4.78, 5) is 0. The summed E-state index contributed by atoms with van der Waals surface area (Å²) in [7, 11) is 2.25. The summed E-state index contributed by atoms with van der Waals surface area (Å²) in [6.45, 7) is 5.81. The van der Waals surface area contributed by atoms with Crippen LogP contribution in [0.5, 0.6) is 0 Å². The van der Waals surface area contributed by atoms with E-state index in [1.165, 1.54) is 11.3 Å². The van der Waals surface area contributed by atoms with Crippen molar-refractivity contribution >= 4 is 5.69 Å². The molecule has 0 aliphatic rings. The molecule has 0 heterocycles. The first kappa shape index (κ1) is 15.5. The Balaban J connectivity index is 0.00000180. The fourth-order valence-electron chi connectivity index (χ4n) is 2.32. The maximum atomic E-state index is 3.90. The van der Waals surface area contributed by atoms with Gasteiger partial charge in [-0.25, -0.2) is 0 Å². The number of benzene rings is 2. The molecule has 2 rings (SSSR count). The Labute approximate surface area is 122 Å². The molecule has 2 heteroatoms. The summed E-state index contributed by atoms with van der Waals surface area (Å²) in [5, 5.41) is 0. The maximum Gasteiger partial charge on any atom is 0.133 e. The lowest BCUT2D eigenvalue weighted by molar-refractivity contribution is -0.00000381. The molecule has 0 aliphatic carbocycles. The van der Waals surface area contributed by atoms with Gasteiger partial charge in [0.2, 0.25) is 0 Å². The van der Waals surface area contributed by atoms with E-state index in [0.717, 1.165) is 17.6 Å². The Kier molecular flexibility index (Phi) is 5.81. The molecule has 0 fully saturated rings. The second-order valence-corrected chi connectivity index (χ2v) is 4.85. The van der Waals surface area contributed by atoms with Crippen LogP contribution in [-0.2, 0) is 6.54 Å². The number of likely N-dealkylation sites (N-methyl/N-ethyl adjacent to an activating group) is 1. The Morgan fingerprint density at radius 2 is 1.47 bits per heavy atom. The van der Waals surface area contributed by atoms with E-state index >= 15 is 0 Å². The molecule has 0 N–H and O–H groups in total. The molecular weight excluding hydrogens is 254 g/mol. The molecule has 100 valence electrons. The van der Waals surface area contributed by atoms with Crippen molar-refractivity contribution in [1.29, 1.82) is 0 Å². The van der Waals surface area contributed by atoms with E-state index < -0.39 is 0 Å². The van der Waals surface area contributed by atoms with E-state index in [9.17, 15) is 0 Å². The number of rotatable bonds is 5. The van der Waals surface area contributed by atoms with Crippen LogP contribution in [0.2, 0.25) is 0 Å². The molecule has 1 unspecified atom stereocenters. The fourth-order valence-corrected chi connectivity index (χ4v) is 2.32. The largest absolute Gasteiger partial charge is 1.00 e. The van der Waals surface area contributed by atoms with Crippen LogP contribution in [0.4, 0.5) is 5.69 Å². The van der Waals surface area contributed by atoms with Gasteiger partial charge in [-0.3, -0.25) is 4.48 Å². The number of para-hydroxylation sites is 1. The normalized spacial score (nSPS) is 13.1. The number of hydrogen-bond donors (Lipinski definition) is 0. The molecule has 0 radical (unpaired) electrons. The van der Waals surface area contributed by atoms with Gasteiger partial charge in [-0.05, 0) is 18.2 Å². The third kappa shape index (κ3) is 3.95. The molecule has 0 amide bonds. The van der Waals surface area contributed by atoms with Crippen LogP contribution in [0, 0.1) is 0 Å². The first-order chi connectivity index (χ1) is 8.74. The molecule has 0 saturated heterocycles. The van der Waals surface area contributed by atoms with Crippen molar-refractivity contribution in [3.8, 4) is 0 Å². The Morgan fingerprint density at radius 3 is 2.00 bits per heavy atom. The van der Waals surface area contributed by atoms with Crippen molar-refractivity contribution in [1.82, 2.24) is 4.48 Å². The van der Waals surface area contributed by atoms with Gasteiger partial charge in [-0.2, -0.15) is 0 Å². The second-order valence-electron chi connectivity index (χ2n) is 4.85. The standard InChI is InChI=1S/C17H20N.ClH/c1-3-14-18(2,17-12-8-5-9-13-17)15-16-10-6-4-7-11-16;/h3-13H,1,14-15H2,2H3;1H/q+1;/p-1. The molecule has 2 aromatic rings. The molecule has 0 saturated carbocycles. The molecule has 0 aliphatic heterocycles. The highest BCUT2D eigenvalue weighted by molar-refractivity contribution is 5.43. The van der Waals surface area contributed by atoms with Crippen LogP contribution in [0.25, 0.3) is 0 Å². The first-order valence-corrected chi connectivity index (χ1v) is 6.29. The van der Waals surface area contributed by atoms with Crippen LogP contribution >= 0.6 is 0 Å². The van der Waals surface area contributed by atoms with Crippen LogP contribution in [-0.4, -0.2) is 13.6 Å². The van der Waals surface area contributed by atoms with Gasteiger partial charge in [-0.1, -0.05) is 55.1 Å². The van der Waals surface area contributed by atoms with E-state index in [0.29, 0.717) is 0 Å². The van der Waals surface area contributed by atoms with Crippen molar-refractivity contribution in [3.63, 3.8) is 0 Å². The minimum Gasteiger partial charge on any atom is -1.00 e. The van der Waals surface area contributed by atoms with Crippen molar-refractivity contribution in [2.75, 3.05) is 13.6 Å². The lowest BCUT2D eigenvalue weighted by Gasteiger charge is -2.33. The summed E-state index contributed by atoms with van der Waals surface area (Å²) in [6, 6.07) is 21.2. The third-order valence-corrected chi connectivity index (χ3v) is 3.29. The number of halogens is 1. The first-order valence-electron chi connectivity index (χ1n) is 6.29. The summed E-state index contributed by atoms with van der Waals surface area (Å²) >= 11 is 0. The molecule has 19 heavy (non-hydrogen) atoms. The van der Waals surface area contributed by atoms with Crippen LogP contribution in [0.15, 0.2) is 73.3 Å². The number of hydrogen-bond acceptors (Lipinski definition) is 0. The molecular formula is C17H20ClN. The topological polar surface area (TPSA) is 0 Å². The van der Waals surface area contributed by atoms with E-state index in [2.05, 4.69) is 74.3 Å². The Morgan fingerprint density at radius 1 is 0.947 bits per heavy atom. The molecule has 1 atom stereocenters. The zero-order valence-corrected chi connectivity index (χ0v) is 12.1. The van der Waals surface area contributed by atoms with E-state index in [4.69, 9.17) is 0 Å². The summed E-state index contributed by atoms with van der Waals surface area (Å²) in [5.41, 5.74) is 2.67. The van der Waals surface area contributed by atoms with Gasteiger partial charge in [0, 0.05) is 5.56 Å². The SMILES string of the molecule is C=CC[N+](C)(Cc1ccccc1)c1ccccc1.[Cl-]. The average molecular weight is 274 g/mol.